The van der Waals surface area contributed by atoms with Gasteiger partial charge in [0.15, 0.2) is 0 Å². The van der Waals surface area contributed by atoms with Gasteiger partial charge in [-0.3, -0.25) is 4.79 Å². The molecule has 1 N–H and O–H groups in total. The van der Waals surface area contributed by atoms with Gasteiger partial charge in [0.25, 0.3) is 5.91 Å². The third-order valence-electron chi connectivity index (χ3n) is 4.12. The zero-order valence-electron chi connectivity index (χ0n) is 13.2. The van der Waals surface area contributed by atoms with Gasteiger partial charge in [0, 0.05) is 28.7 Å². The Balaban J connectivity index is 2.12. The summed E-state index contributed by atoms with van der Waals surface area (Å²) in [7, 11) is 0. The molecule has 1 amide bonds. The summed E-state index contributed by atoms with van der Waals surface area (Å²) < 4.78 is 1.05. The number of benzene rings is 1. The monoisotopic (exact) mass is 352 g/mol. The van der Waals surface area contributed by atoms with Gasteiger partial charge in [-0.15, -0.1) is 0 Å². The van der Waals surface area contributed by atoms with Crippen molar-refractivity contribution in [1.29, 1.82) is 0 Å². The highest BCUT2D eigenvalue weighted by molar-refractivity contribution is 9.10. The van der Waals surface area contributed by atoms with Crippen molar-refractivity contribution in [2.24, 2.45) is 0 Å². The van der Waals surface area contributed by atoms with Crippen molar-refractivity contribution in [3.05, 3.63) is 33.8 Å². The quantitative estimate of drug-likeness (QED) is 0.894. The molecule has 1 aromatic carbocycles. The average molecular weight is 353 g/mol. The zero-order valence-corrected chi connectivity index (χ0v) is 14.7. The van der Waals surface area contributed by atoms with E-state index in [9.17, 15) is 4.79 Å². The fraction of sp³-hybridized carbons (Fsp3) is 0.588. The number of hydrogen-bond acceptors (Lipinski definition) is 2. The molecule has 0 radical (unpaired) electrons. The van der Waals surface area contributed by atoms with Crippen LogP contribution in [0.5, 0.6) is 0 Å². The van der Waals surface area contributed by atoms with E-state index in [1.807, 2.05) is 30.0 Å². The lowest BCUT2D eigenvalue weighted by Crippen LogP contribution is -2.48. The molecule has 1 unspecified atom stereocenters. The van der Waals surface area contributed by atoms with Crippen molar-refractivity contribution < 1.29 is 4.79 Å². The van der Waals surface area contributed by atoms with E-state index >= 15 is 0 Å². The molecule has 0 aromatic heterocycles. The number of carbonyl (C=O) groups excluding carboxylic acids is 1. The topological polar surface area (TPSA) is 32.3 Å². The van der Waals surface area contributed by atoms with E-state index in [1.165, 1.54) is 12.8 Å². The van der Waals surface area contributed by atoms with Crippen LogP contribution in [-0.4, -0.2) is 36.0 Å². The Morgan fingerprint density at radius 1 is 1.43 bits per heavy atom. The number of piperidine rings is 1. The number of halogens is 1. The number of hydrogen-bond donors (Lipinski definition) is 1. The van der Waals surface area contributed by atoms with Gasteiger partial charge in [-0.25, -0.2) is 0 Å². The Bertz CT molecular complexity index is 496. The van der Waals surface area contributed by atoms with Gasteiger partial charge >= 0.3 is 0 Å². The summed E-state index contributed by atoms with van der Waals surface area (Å²) in [5.74, 6) is 0.132. The molecule has 1 aliphatic rings. The molecule has 1 aliphatic heterocycles. The SMILES string of the molecule is Cc1cc(C(=O)N(CC2CCCCN2)C(C)C)ccc1Br. The van der Waals surface area contributed by atoms with Crippen LogP contribution in [-0.2, 0) is 0 Å². The number of aryl methyl sites for hydroxylation is 1. The Morgan fingerprint density at radius 3 is 2.76 bits per heavy atom. The number of nitrogens with zero attached hydrogens (tertiary/aromatic N) is 1. The maximum absolute atomic E-state index is 12.8. The average Bonchev–Trinajstić information content (AvgIpc) is 2.47. The Hall–Kier alpha value is -0.870. The first-order valence-corrected chi connectivity index (χ1v) is 8.59. The van der Waals surface area contributed by atoms with E-state index in [2.05, 4.69) is 35.1 Å². The first kappa shape index (κ1) is 16.5. The second-order valence-electron chi connectivity index (χ2n) is 6.16. The van der Waals surface area contributed by atoms with E-state index in [0.29, 0.717) is 6.04 Å². The molecule has 116 valence electrons. The van der Waals surface area contributed by atoms with E-state index in [-0.39, 0.29) is 11.9 Å². The second-order valence-corrected chi connectivity index (χ2v) is 7.02. The lowest BCUT2D eigenvalue weighted by Gasteiger charge is -2.33. The Morgan fingerprint density at radius 2 is 2.19 bits per heavy atom. The van der Waals surface area contributed by atoms with Crippen LogP contribution in [0.1, 0.15) is 49.0 Å². The van der Waals surface area contributed by atoms with Crippen molar-refractivity contribution in [3.8, 4) is 0 Å². The first-order chi connectivity index (χ1) is 9.99. The van der Waals surface area contributed by atoms with Crippen LogP contribution in [0.15, 0.2) is 22.7 Å². The van der Waals surface area contributed by atoms with Crippen molar-refractivity contribution in [3.63, 3.8) is 0 Å². The minimum Gasteiger partial charge on any atom is -0.335 e. The predicted octanol–water partition coefficient (Wildman–Crippen LogP) is 3.75. The molecule has 0 aliphatic carbocycles. The molecule has 0 saturated carbocycles. The minimum absolute atomic E-state index is 0.132. The maximum atomic E-state index is 12.8. The summed E-state index contributed by atoms with van der Waals surface area (Å²) >= 11 is 3.49. The summed E-state index contributed by atoms with van der Waals surface area (Å²) in [5, 5.41) is 3.53. The van der Waals surface area contributed by atoms with Gasteiger partial charge in [-0.2, -0.15) is 0 Å². The Labute approximate surface area is 136 Å². The van der Waals surface area contributed by atoms with Crippen LogP contribution >= 0.6 is 15.9 Å². The molecule has 2 rings (SSSR count). The summed E-state index contributed by atoms with van der Waals surface area (Å²) in [4.78, 5) is 14.8. The van der Waals surface area contributed by atoms with Crippen molar-refractivity contribution in [2.45, 2.75) is 52.1 Å². The highest BCUT2D eigenvalue weighted by Gasteiger charge is 2.23. The van der Waals surface area contributed by atoms with Crippen LogP contribution < -0.4 is 5.32 Å². The summed E-state index contributed by atoms with van der Waals surface area (Å²) in [6.07, 6.45) is 3.67. The van der Waals surface area contributed by atoms with E-state index in [0.717, 1.165) is 35.1 Å². The fourth-order valence-electron chi connectivity index (χ4n) is 2.79. The molecular formula is C17H25BrN2O. The fourth-order valence-corrected chi connectivity index (χ4v) is 3.04. The van der Waals surface area contributed by atoms with Crippen LogP contribution in [0.2, 0.25) is 0 Å². The van der Waals surface area contributed by atoms with Crippen LogP contribution in [0.25, 0.3) is 0 Å². The Kier molecular flexibility index (Phi) is 5.82. The molecule has 1 heterocycles. The van der Waals surface area contributed by atoms with Crippen LogP contribution in [0.4, 0.5) is 0 Å². The van der Waals surface area contributed by atoms with E-state index in [4.69, 9.17) is 0 Å². The lowest BCUT2D eigenvalue weighted by molar-refractivity contribution is 0.0676. The lowest BCUT2D eigenvalue weighted by atomic mass is 10.0. The highest BCUT2D eigenvalue weighted by atomic mass is 79.9. The molecule has 1 saturated heterocycles. The molecule has 21 heavy (non-hydrogen) atoms. The van der Waals surface area contributed by atoms with Gasteiger partial charge in [0.1, 0.15) is 0 Å². The van der Waals surface area contributed by atoms with Gasteiger partial charge in [0.05, 0.1) is 0 Å². The molecular weight excluding hydrogens is 328 g/mol. The van der Waals surface area contributed by atoms with Crippen molar-refractivity contribution in [2.75, 3.05) is 13.1 Å². The second kappa shape index (κ2) is 7.41. The van der Waals surface area contributed by atoms with E-state index in [1.54, 1.807) is 0 Å². The largest absolute Gasteiger partial charge is 0.335 e. The van der Waals surface area contributed by atoms with Crippen LogP contribution in [0, 0.1) is 6.92 Å². The standard InChI is InChI=1S/C17H25BrN2O/c1-12(2)20(11-15-6-4-5-9-19-15)17(21)14-7-8-16(18)13(3)10-14/h7-8,10,12,15,19H,4-6,9,11H2,1-3H3. The summed E-state index contributed by atoms with van der Waals surface area (Å²) in [6, 6.07) is 6.48. The van der Waals surface area contributed by atoms with Crippen LogP contribution in [0.3, 0.4) is 0 Å². The third-order valence-corrected chi connectivity index (χ3v) is 5.01. The van der Waals surface area contributed by atoms with Crippen molar-refractivity contribution in [1.82, 2.24) is 10.2 Å². The smallest absolute Gasteiger partial charge is 0.254 e. The molecule has 3 nitrogen and oxygen atoms in total. The van der Waals surface area contributed by atoms with E-state index < -0.39 is 0 Å². The third kappa shape index (κ3) is 4.30. The normalized spacial score (nSPS) is 18.8. The van der Waals surface area contributed by atoms with Gasteiger partial charge in [-0.05, 0) is 63.9 Å². The molecule has 4 heteroatoms. The van der Waals surface area contributed by atoms with Gasteiger partial charge in [-0.1, -0.05) is 22.4 Å². The number of nitrogens with one attached hydrogen (secondary N) is 1. The highest BCUT2D eigenvalue weighted by Crippen LogP contribution is 2.19. The summed E-state index contributed by atoms with van der Waals surface area (Å²) in [5.41, 5.74) is 1.88. The first-order valence-electron chi connectivity index (χ1n) is 7.79. The minimum atomic E-state index is 0.132. The molecule has 1 fully saturated rings. The van der Waals surface area contributed by atoms with Gasteiger partial charge in [0.2, 0.25) is 0 Å². The maximum Gasteiger partial charge on any atom is 0.254 e. The molecule has 0 spiro atoms. The molecule has 1 atom stereocenters. The molecule has 1 aromatic rings. The number of rotatable bonds is 4. The zero-order chi connectivity index (χ0) is 15.4. The predicted molar refractivity (Wildman–Crippen MR) is 90.7 cm³/mol. The summed E-state index contributed by atoms with van der Waals surface area (Å²) in [6.45, 7) is 8.07. The number of amides is 1. The molecule has 0 bridgehead atoms. The number of carbonyl (C=O) groups is 1. The van der Waals surface area contributed by atoms with Crippen molar-refractivity contribution >= 4 is 21.8 Å². The van der Waals surface area contributed by atoms with Gasteiger partial charge < -0.3 is 10.2 Å².